The number of hydrogen-bond donors (Lipinski definition) is 1. The summed E-state index contributed by atoms with van der Waals surface area (Å²) < 4.78 is 26.9. The van der Waals surface area contributed by atoms with Gasteiger partial charge in [-0.1, -0.05) is 12.2 Å². The van der Waals surface area contributed by atoms with Crippen LogP contribution in [0.3, 0.4) is 0 Å². The number of hydrogen-bond acceptors (Lipinski definition) is 3. The van der Waals surface area contributed by atoms with Crippen molar-refractivity contribution in [2.75, 3.05) is 11.9 Å². The SMILES string of the molecule is O=C(CCN1C(=O)[C@H]2[C@H](C1=O)[C@H]1C=C[C@H]2C1)Nc1c(F)cc(F)cc1Br. The maximum absolute atomic E-state index is 13.8. The molecule has 4 rings (SSSR count). The van der Waals surface area contributed by atoms with Crippen molar-refractivity contribution in [3.05, 3.63) is 40.4 Å². The summed E-state index contributed by atoms with van der Waals surface area (Å²) in [6, 6.07) is 1.70. The number of benzene rings is 1. The zero-order valence-electron chi connectivity index (χ0n) is 13.5. The van der Waals surface area contributed by atoms with Crippen molar-refractivity contribution in [3.63, 3.8) is 0 Å². The molecule has 0 aromatic heterocycles. The average molecular weight is 425 g/mol. The molecule has 1 heterocycles. The van der Waals surface area contributed by atoms with Crippen LogP contribution >= 0.6 is 15.9 Å². The van der Waals surface area contributed by atoms with E-state index in [-0.39, 0.29) is 58.6 Å². The fraction of sp³-hybridized carbons (Fsp3) is 0.389. The zero-order valence-corrected chi connectivity index (χ0v) is 15.1. The summed E-state index contributed by atoms with van der Waals surface area (Å²) in [5, 5.41) is 2.35. The Labute approximate surface area is 156 Å². The van der Waals surface area contributed by atoms with Crippen LogP contribution in [0.4, 0.5) is 14.5 Å². The number of carbonyl (C=O) groups excluding carboxylic acids is 3. The molecule has 136 valence electrons. The number of carbonyl (C=O) groups is 3. The lowest BCUT2D eigenvalue weighted by molar-refractivity contribution is -0.140. The number of amides is 3. The van der Waals surface area contributed by atoms with Crippen molar-refractivity contribution in [2.24, 2.45) is 23.7 Å². The zero-order chi connectivity index (χ0) is 18.6. The van der Waals surface area contributed by atoms with E-state index < -0.39 is 17.5 Å². The first-order valence-electron chi connectivity index (χ1n) is 8.34. The van der Waals surface area contributed by atoms with Crippen molar-refractivity contribution >= 4 is 39.3 Å². The summed E-state index contributed by atoms with van der Waals surface area (Å²) in [5.41, 5.74) is -0.172. The Morgan fingerprint density at radius 3 is 2.35 bits per heavy atom. The molecule has 26 heavy (non-hydrogen) atoms. The molecule has 2 aliphatic carbocycles. The quantitative estimate of drug-likeness (QED) is 0.596. The van der Waals surface area contributed by atoms with E-state index in [1.54, 1.807) is 0 Å². The predicted octanol–water partition coefficient (Wildman–Crippen LogP) is 2.86. The Morgan fingerprint density at radius 1 is 1.15 bits per heavy atom. The van der Waals surface area contributed by atoms with Crippen LogP contribution in [-0.2, 0) is 14.4 Å². The van der Waals surface area contributed by atoms with Gasteiger partial charge in [-0.3, -0.25) is 19.3 Å². The van der Waals surface area contributed by atoms with Crippen LogP contribution in [0.5, 0.6) is 0 Å². The maximum atomic E-state index is 13.8. The summed E-state index contributed by atoms with van der Waals surface area (Å²) in [6.07, 6.45) is 4.70. The second-order valence-electron chi connectivity index (χ2n) is 6.87. The molecule has 1 aliphatic heterocycles. The first kappa shape index (κ1) is 17.3. The lowest BCUT2D eigenvalue weighted by Crippen LogP contribution is -2.35. The molecule has 3 aliphatic rings. The highest BCUT2D eigenvalue weighted by Crippen LogP contribution is 2.52. The van der Waals surface area contributed by atoms with Crippen LogP contribution in [0.25, 0.3) is 0 Å². The van der Waals surface area contributed by atoms with Crippen molar-refractivity contribution in [1.82, 2.24) is 4.90 Å². The van der Waals surface area contributed by atoms with Crippen molar-refractivity contribution in [1.29, 1.82) is 0 Å². The number of halogens is 3. The van der Waals surface area contributed by atoms with Gasteiger partial charge in [0.15, 0.2) is 5.82 Å². The smallest absolute Gasteiger partial charge is 0.233 e. The van der Waals surface area contributed by atoms with Crippen LogP contribution in [0, 0.1) is 35.3 Å². The number of imide groups is 1. The van der Waals surface area contributed by atoms with Gasteiger partial charge in [0.25, 0.3) is 0 Å². The van der Waals surface area contributed by atoms with Crippen LogP contribution in [0.15, 0.2) is 28.8 Å². The molecule has 0 radical (unpaired) electrons. The highest BCUT2D eigenvalue weighted by Gasteiger charge is 2.59. The molecule has 1 aromatic carbocycles. The van der Waals surface area contributed by atoms with Crippen molar-refractivity contribution in [3.8, 4) is 0 Å². The van der Waals surface area contributed by atoms with E-state index in [9.17, 15) is 23.2 Å². The van der Waals surface area contributed by atoms with Gasteiger partial charge in [-0.25, -0.2) is 8.78 Å². The van der Waals surface area contributed by atoms with E-state index in [1.165, 1.54) is 0 Å². The summed E-state index contributed by atoms with van der Waals surface area (Å²) >= 11 is 3.00. The Bertz CT molecular complexity index is 804. The molecule has 5 nitrogen and oxygen atoms in total. The number of nitrogens with one attached hydrogen (secondary N) is 1. The standard InChI is InChI=1S/C18H15BrF2N2O3/c19-11-6-10(20)7-12(21)16(11)22-13(24)3-4-23-17(25)14-8-1-2-9(5-8)15(14)18(23)26/h1-2,6-9,14-15H,3-5H2,(H,22,24)/t8-,9-,14+,15+/m0/s1. The minimum absolute atomic E-state index is 0.0453. The Morgan fingerprint density at radius 2 is 1.77 bits per heavy atom. The predicted molar refractivity (Wildman–Crippen MR) is 91.7 cm³/mol. The molecule has 2 fully saturated rings. The second-order valence-corrected chi connectivity index (χ2v) is 7.72. The van der Waals surface area contributed by atoms with Crippen molar-refractivity contribution < 1.29 is 23.2 Å². The van der Waals surface area contributed by atoms with Crippen LogP contribution in [0.2, 0.25) is 0 Å². The van der Waals surface area contributed by atoms with Gasteiger partial charge >= 0.3 is 0 Å². The molecule has 1 saturated heterocycles. The lowest BCUT2D eigenvalue weighted by atomic mass is 9.85. The number of allylic oxidation sites excluding steroid dienone is 2. The molecule has 3 amide bonds. The van der Waals surface area contributed by atoms with E-state index >= 15 is 0 Å². The Balaban J connectivity index is 1.40. The summed E-state index contributed by atoms with van der Waals surface area (Å²) in [4.78, 5) is 38.3. The number of likely N-dealkylation sites (tertiary alicyclic amines) is 1. The molecule has 8 heteroatoms. The van der Waals surface area contributed by atoms with Gasteiger partial charge in [0.2, 0.25) is 17.7 Å². The van der Waals surface area contributed by atoms with Gasteiger partial charge in [0.1, 0.15) is 5.82 Å². The summed E-state index contributed by atoms with van der Waals surface area (Å²) in [6.45, 7) is -0.0453. The minimum Gasteiger partial charge on any atom is -0.323 e. The molecule has 1 saturated carbocycles. The third kappa shape index (κ3) is 2.67. The van der Waals surface area contributed by atoms with Crippen LogP contribution < -0.4 is 5.32 Å². The van der Waals surface area contributed by atoms with E-state index in [4.69, 9.17) is 0 Å². The van der Waals surface area contributed by atoms with Gasteiger partial charge < -0.3 is 5.32 Å². The number of nitrogens with zero attached hydrogens (tertiary/aromatic N) is 1. The number of fused-ring (bicyclic) bond motifs is 5. The van der Waals surface area contributed by atoms with E-state index in [0.717, 1.165) is 17.4 Å². The van der Waals surface area contributed by atoms with Gasteiger partial charge in [-0.05, 0) is 40.3 Å². The highest BCUT2D eigenvalue weighted by atomic mass is 79.9. The fourth-order valence-electron chi connectivity index (χ4n) is 4.26. The molecule has 4 atom stereocenters. The van der Waals surface area contributed by atoms with Gasteiger partial charge in [-0.2, -0.15) is 0 Å². The third-order valence-electron chi connectivity index (χ3n) is 5.40. The molecule has 1 aromatic rings. The molecular weight excluding hydrogens is 410 g/mol. The lowest BCUT2D eigenvalue weighted by Gasteiger charge is -2.17. The third-order valence-corrected chi connectivity index (χ3v) is 6.02. The average Bonchev–Trinajstić information content (AvgIpc) is 3.24. The molecule has 0 spiro atoms. The van der Waals surface area contributed by atoms with E-state index in [1.807, 2.05) is 12.2 Å². The molecule has 0 unspecified atom stereocenters. The first-order valence-corrected chi connectivity index (χ1v) is 9.14. The highest BCUT2D eigenvalue weighted by molar-refractivity contribution is 9.10. The van der Waals surface area contributed by atoms with Crippen molar-refractivity contribution in [2.45, 2.75) is 12.8 Å². The summed E-state index contributed by atoms with van der Waals surface area (Å²) in [7, 11) is 0. The normalized spacial score (nSPS) is 28.8. The first-order chi connectivity index (χ1) is 12.4. The Hall–Kier alpha value is -2.09. The van der Waals surface area contributed by atoms with Gasteiger partial charge in [0, 0.05) is 23.5 Å². The fourth-order valence-corrected chi connectivity index (χ4v) is 4.77. The number of anilines is 1. The monoisotopic (exact) mass is 424 g/mol. The van der Waals surface area contributed by atoms with E-state index in [0.29, 0.717) is 6.07 Å². The minimum atomic E-state index is -0.907. The largest absolute Gasteiger partial charge is 0.323 e. The summed E-state index contributed by atoms with van der Waals surface area (Å²) in [5.74, 6) is -3.05. The number of rotatable bonds is 4. The van der Waals surface area contributed by atoms with Crippen LogP contribution in [0.1, 0.15) is 12.8 Å². The Kier molecular flexibility index (Phi) is 4.17. The second kappa shape index (κ2) is 6.26. The topological polar surface area (TPSA) is 66.5 Å². The van der Waals surface area contributed by atoms with Gasteiger partial charge in [-0.15, -0.1) is 0 Å². The molecule has 2 bridgehead atoms. The molecular formula is C18H15BrF2N2O3. The van der Waals surface area contributed by atoms with E-state index in [2.05, 4.69) is 21.2 Å². The maximum Gasteiger partial charge on any atom is 0.233 e. The van der Waals surface area contributed by atoms with Gasteiger partial charge in [0.05, 0.1) is 17.5 Å². The molecule has 1 N–H and O–H groups in total. The van der Waals surface area contributed by atoms with Crippen LogP contribution in [-0.4, -0.2) is 29.2 Å².